The Balaban J connectivity index is 2.00. The van der Waals surface area contributed by atoms with Crippen LogP contribution in [-0.2, 0) is 4.79 Å². The number of carbonyl (C=O) groups excluding carboxylic acids is 1. The predicted molar refractivity (Wildman–Crippen MR) is 84.9 cm³/mol. The maximum absolute atomic E-state index is 11.9. The second-order valence-electron chi connectivity index (χ2n) is 4.58. The van der Waals surface area contributed by atoms with Crippen molar-refractivity contribution < 1.29 is 28.9 Å². The van der Waals surface area contributed by atoms with Gasteiger partial charge in [-0.25, -0.2) is 4.79 Å². The molecule has 0 aliphatic carbocycles. The lowest BCUT2D eigenvalue weighted by molar-refractivity contribution is -0.118. The van der Waals surface area contributed by atoms with E-state index in [2.05, 4.69) is 10.3 Å². The van der Waals surface area contributed by atoms with Gasteiger partial charge in [-0.05, 0) is 18.2 Å². The molecule has 1 heterocycles. The van der Waals surface area contributed by atoms with Crippen LogP contribution >= 0.6 is 0 Å². The minimum atomic E-state index is -1.16. The van der Waals surface area contributed by atoms with E-state index >= 15 is 0 Å². The van der Waals surface area contributed by atoms with E-state index in [0.29, 0.717) is 17.2 Å². The second kappa shape index (κ2) is 7.82. The number of ether oxygens (including phenoxy) is 3. The molecular weight excluding hydrogens is 316 g/mol. The van der Waals surface area contributed by atoms with Gasteiger partial charge in [0.25, 0.3) is 5.91 Å². The van der Waals surface area contributed by atoms with Crippen LogP contribution in [0, 0.1) is 0 Å². The summed E-state index contributed by atoms with van der Waals surface area (Å²) in [4.78, 5) is 26.8. The molecule has 2 rings (SSSR count). The van der Waals surface area contributed by atoms with E-state index in [9.17, 15) is 9.59 Å². The summed E-state index contributed by atoms with van der Waals surface area (Å²) in [6.07, 6.45) is 2.59. The van der Waals surface area contributed by atoms with Crippen molar-refractivity contribution in [3.05, 3.63) is 42.2 Å². The van der Waals surface area contributed by atoms with Gasteiger partial charge in [-0.2, -0.15) is 0 Å². The minimum Gasteiger partial charge on any atom is -0.493 e. The first-order chi connectivity index (χ1) is 11.5. The number of rotatable bonds is 7. The smallest absolute Gasteiger partial charge is 0.337 e. The Morgan fingerprint density at radius 2 is 1.92 bits per heavy atom. The van der Waals surface area contributed by atoms with Crippen LogP contribution in [0.3, 0.4) is 0 Å². The number of hydrogen-bond acceptors (Lipinski definition) is 6. The summed E-state index contributed by atoms with van der Waals surface area (Å²) < 4.78 is 15.6. The molecule has 1 amide bonds. The average molecular weight is 332 g/mol. The van der Waals surface area contributed by atoms with E-state index in [0.717, 1.165) is 0 Å². The van der Waals surface area contributed by atoms with Crippen LogP contribution < -0.4 is 19.5 Å². The highest BCUT2D eigenvalue weighted by atomic mass is 16.5. The predicted octanol–water partition coefficient (Wildman–Crippen LogP) is 1.81. The molecule has 0 radical (unpaired) electrons. The third-order valence-electron chi connectivity index (χ3n) is 3.05. The number of hydrogen-bond donors (Lipinski definition) is 2. The van der Waals surface area contributed by atoms with Crippen molar-refractivity contribution in [2.45, 2.75) is 0 Å². The zero-order valence-corrected chi connectivity index (χ0v) is 13.1. The summed E-state index contributed by atoms with van der Waals surface area (Å²) in [5, 5.41) is 11.5. The first-order valence-electron chi connectivity index (χ1n) is 6.87. The van der Waals surface area contributed by atoms with Gasteiger partial charge < -0.3 is 24.6 Å². The normalized spacial score (nSPS) is 9.92. The van der Waals surface area contributed by atoms with Crippen LogP contribution in [0.5, 0.6) is 17.2 Å². The lowest BCUT2D eigenvalue weighted by Gasteiger charge is -2.11. The molecule has 0 aliphatic heterocycles. The summed E-state index contributed by atoms with van der Waals surface area (Å²) >= 11 is 0. The Labute approximate surface area is 138 Å². The van der Waals surface area contributed by atoms with E-state index in [1.165, 1.54) is 32.7 Å². The molecule has 0 fully saturated rings. The van der Waals surface area contributed by atoms with Crippen LogP contribution in [0.15, 0.2) is 36.7 Å². The zero-order chi connectivity index (χ0) is 17.5. The summed E-state index contributed by atoms with van der Waals surface area (Å²) in [6.45, 7) is -0.302. The van der Waals surface area contributed by atoms with Crippen molar-refractivity contribution in [2.75, 3.05) is 26.1 Å². The van der Waals surface area contributed by atoms with Gasteiger partial charge in [0.2, 0.25) is 0 Å². The molecule has 1 aromatic heterocycles. The molecule has 2 aromatic rings. The van der Waals surface area contributed by atoms with E-state index in [1.54, 1.807) is 18.2 Å². The van der Waals surface area contributed by atoms with E-state index in [1.807, 2.05) is 0 Å². The molecule has 0 aliphatic rings. The number of pyridine rings is 1. The molecule has 0 bridgehead atoms. The molecule has 1 aromatic carbocycles. The van der Waals surface area contributed by atoms with Gasteiger partial charge in [-0.3, -0.25) is 9.78 Å². The maximum Gasteiger partial charge on any atom is 0.337 e. The van der Waals surface area contributed by atoms with Gasteiger partial charge in [0.1, 0.15) is 5.75 Å². The van der Waals surface area contributed by atoms with Gasteiger partial charge in [0.15, 0.2) is 18.1 Å². The number of benzene rings is 1. The van der Waals surface area contributed by atoms with Crippen LogP contribution in [0.25, 0.3) is 0 Å². The first-order valence-corrected chi connectivity index (χ1v) is 6.87. The second-order valence-corrected chi connectivity index (χ2v) is 4.58. The molecule has 0 unspecified atom stereocenters. The van der Waals surface area contributed by atoms with Gasteiger partial charge in [0, 0.05) is 12.3 Å². The van der Waals surface area contributed by atoms with Crippen molar-refractivity contribution in [2.24, 2.45) is 0 Å². The topological polar surface area (TPSA) is 107 Å². The molecule has 0 spiro atoms. The fraction of sp³-hybridized carbons (Fsp3) is 0.188. The van der Waals surface area contributed by atoms with Crippen LogP contribution in [0.1, 0.15) is 10.4 Å². The molecule has 8 heteroatoms. The number of nitrogens with one attached hydrogen (secondary N) is 1. The molecule has 2 N–H and O–H groups in total. The summed E-state index contributed by atoms with van der Waals surface area (Å²) in [5.41, 5.74) is 0.0513. The van der Waals surface area contributed by atoms with Crippen molar-refractivity contribution >= 4 is 17.6 Å². The number of amides is 1. The van der Waals surface area contributed by atoms with Gasteiger partial charge in [0.05, 0.1) is 31.7 Å². The Hall–Kier alpha value is -3.29. The largest absolute Gasteiger partial charge is 0.493 e. The minimum absolute atomic E-state index is 0.0514. The molecule has 0 atom stereocenters. The third kappa shape index (κ3) is 4.13. The van der Waals surface area contributed by atoms with Crippen molar-refractivity contribution in [3.8, 4) is 17.2 Å². The number of aromatic carboxylic acids is 1. The molecular formula is C16H16N2O6. The summed E-state index contributed by atoms with van der Waals surface area (Å²) in [6, 6.07) is 6.16. The number of methoxy groups -OCH3 is 2. The third-order valence-corrected chi connectivity index (χ3v) is 3.05. The fourth-order valence-electron chi connectivity index (χ4n) is 1.92. The number of nitrogens with zero attached hydrogens (tertiary/aromatic N) is 1. The Kier molecular flexibility index (Phi) is 5.56. The Morgan fingerprint density at radius 1 is 1.17 bits per heavy atom. The SMILES string of the molecule is COc1ccc(OCC(=O)Nc2cnccc2C(=O)O)cc1OC. The molecule has 0 saturated heterocycles. The number of carboxylic acid groups (broad SMARTS) is 1. The number of carboxylic acids is 1. The lowest BCUT2D eigenvalue weighted by atomic mass is 10.2. The standard InChI is InChI=1S/C16H16N2O6/c1-22-13-4-3-10(7-14(13)23-2)24-9-15(19)18-12-8-17-6-5-11(12)16(20)21/h3-8H,9H2,1-2H3,(H,18,19)(H,20,21). The summed E-state index contributed by atoms with van der Waals surface area (Å²) in [5.74, 6) is -0.257. The van der Waals surface area contributed by atoms with E-state index < -0.39 is 11.9 Å². The molecule has 126 valence electrons. The highest BCUT2D eigenvalue weighted by molar-refractivity contribution is 6.00. The van der Waals surface area contributed by atoms with Crippen LogP contribution in [-0.4, -0.2) is 42.8 Å². The van der Waals surface area contributed by atoms with Gasteiger partial charge in [-0.15, -0.1) is 0 Å². The van der Waals surface area contributed by atoms with Gasteiger partial charge in [-0.1, -0.05) is 0 Å². The molecule has 8 nitrogen and oxygen atoms in total. The quantitative estimate of drug-likeness (QED) is 0.796. The maximum atomic E-state index is 11.9. The lowest BCUT2D eigenvalue weighted by Crippen LogP contribution is -2.21. The number of carbonyl (C=O) groups is 2. The molecule has 0 saturated carbocycles. The monoisotopic (exact) mass is 332 g/mol. The van der Waals surface area contributed by atoms with Crippen LogP contribution in [0.4, 0.5) is 5.69 Å². The molecule has 24 heavy (non-hydrogen) atoms. The average Bonchev–Trinajstić information content (AvgIpc) is 2.59. The van der Waals surface area contributed by atoms with Crippen molar-refractivity contribution in [3.63, 3.8) is 0 Å². The number of aromatic nitrogens is 1. The van der Waals surface area contributed by atoms with Crippen molar-refractivity contribution in [1.82, 2.24) is 4.98 Å². The fourth-order valence-corrected chi connectivity index (χ4v) is 1.92. The first kappa shape index (κ1) is 17.1. The Morgan fingerprint density at radius 3 is 2.58 bits per heavy atom. The van der Waals surface area contributed by atoms with Gasteiger partial charge >= 0.3 is 5.97 Å². The highest BCUT2D eigenvalue weighted by Gasteiger charge is 2.13. The van der Waals surface area contributed by atoms with E-state index in [-0.39, 0.29) is 17.9 Å². The Bertz CT molecular complexity index is 747. The number of anilines is 1. The highest BCUT2D eigenvalue weighted by Crippen LogP contribution is 2.30. The zero-order valence-electron chi connectivity index (χ0n) is 13.1. The van der Waals surface area contributed by atoms with Crippen molar-refractivity contribution in [1.29, 1.82) is 0 Å². The summed E-state index contributed by atoms with van der Waals surface area (Å²) in [7, 11) is 3.00. The van der Waals surface area contributed by atoms with E-state index in [4.69, 9.17) is 19.3 Å². The van der Waals surface area contributed by atoms with Crippen LogP contribution in [0.2, 0.25) is 0 Å².